The SMILES string of the molecule is Cc1ccccc1CN1CCC(CO)(Cc2ccccc2Cl)CC1. The van der Waals surface area contributed by atoms with Crippen molar-refractivity contribution in [2.24, 2.45) is 5.41 Å². The Morgan fingerprint density at radius 3 is 2.25 bits per heavy atom. The van der Waals surface area contributed by atoms with E-state index in [1.165, 1.54) is 11.1 Å². The first-order valence-corrected chi connectivity index (χ1v) is 9.11. The van der Waals surface area contributed by atoms with Gasteiger partial charge in [-0.05, 0) is 67.4 Å². The monoisotopic (exact) mass is 343 g/mol. The predicted molar refractivity (Wildman–Crippen MR) is 100 cm³/mol. The molecule has 3 rings (SSSR count). The summed E-state index contributed by atoms with van der Waals surface area (Å²) in [6, 6.07) is 16.6. The summed E-state index contributed by atoms with van der Waals surface area (Å²) in [6.07, 6.45) is 2.89. The van der Waals surface area contributed by atoms with Crippen molar-refractivity contribution in [2.45, 2.75) is 32.7 Å². The highest BCUT2D eigenvalue weighted by atomic mass is 35.5. The van der Waals surface area contributed by atoms with E-state index in [0.29, 0.717) is 0 Å². The Morgan fingerprint density at radius 2 is 1.62 bits per heavy atom. The Morgan fingerprint density at radius 1 is 1.00 bits per heavy atom. The van der Waals surface area contributed by atoms with Gasteiger partial charge in [0, 0.05) is 18.2 Å². The molecule has 0 spiro atoms. The van der Waals surface area contributed by atoms with Crippen LogP contribution in [0, 0.1) is 12.3 Å². The molecule has 1 saturated heterocycles. The van der Waals surface area contributed by atoms with Gasteiger partial charge in [0.1, 0.15) is 0 Å². The van der Waals surface area contributed by atoms with E-state index in [4.69, 9.17) is 11.6 Å². The largest absolute Gasteiger partial charge is 0.396 e. The summed E-state index contributed by atoms with van der Waals surface area (Å²) in [6.45, 7) is 5.46. The minimum Gasteiger partial charge on any atom is -0.396 e. The normalized spacial score (nSPS) is 17.8. The molecule has 0 atom stereocenters. The third-order valence-corrected chi connectivity index (χ3v) is 5.80. The number of hydrogen-bond acceptors (Lipinski definition) is 2. The lowest BCUT2D eigenvalue weighted by Crippen LogP contribution is -2.43. The number of likely N-dealkylation sites (tertiary alicyclic amines) is 1. The van der Waals surface area contributed by atoms with Gasteiger partial charge in [0.25, 0.3) is 0 Å². The Hall–Kier alpha value is -1.35. The standard InChI is InChI=1S/C21H26ClNO/c1-17-6-2-3-8-19(17)15-23-12-10-21(16-24,11-13-23)14-18-7-4-5-9-20(18)22/h2-9,24H,10-16H2,1H3. The summed E-state index contributed by atoms with van der Waals surface area (Å²) in [5, 5.41) is 10.9. The van der Waals surface area contributed by atoms with Crippen LogP contribution in [0.25, 0.3) is 0 Å². The van der Waals surface area contributed by atoms with Crippen LogP contribution in [0.3, 0.4) is 0 Å². The minimum atomic E-state index is -0.0345. The van der Waals surface area contributed by atoms with Crippen LogP contribution >= 0.6 is 11.6 Å². The molecule has 2 aromatic carbocycles. The Kier molecular flexibility index (Phi) is 5.60. The van der Waals surface area contributed by atoms with Crippen molar-refractivity contribution in [1.29, 1.82) is 0 Å². The maximum absolute atomic E-state index is 10.1. The molecule has 0 bridgehead atoms. The second-order valence-electron chi connectivity index (χ2n) is 7.13. The van der Waals surface area contributed by atoms with E-state index >= 15 is 0 Å². The summed E-state index contributed by atoms with van der Waals surface area (Å²) < 4.78 is 0. The van der Waals surface area contributed by atoms with E-state index < -0.39 is 0 Å². The fourth-order valence-electron chi connectivity index (χ4n) is 3.65. The van der Waals surface area contributed by atoms with Crippen LogP contribution in [-0.4, -0.2) is 29.7 Å². The van der Waals surface area contributed by atoms with Gasteiger partial charge in [0.05, 0.1) is 0 Å². The number of piperidine rings is 1. The highest BCUT2D eigenvalue weighted by molar-refractivity contribution is 6.31. The summed E-state index contributed by atoms with van der Waals surface area (Å²) in [4.78, 5) is 2.50. The van der Waals surface area contributed by atoms with Gasteiger partial charge >= 0.3 is 0 Å². The van der Waals surface area contributed by atoms with E-state index in [2.05, 4.69) is 42.2 Å². The number of hydrogen-bond donors (Lipinski definition) is 1. The maximum atomic E-state index is 10.1. The quantitative estimate of drug-likeness (QED) is 0.866. The van der Waals surface area contributed by atoms with Crippen LogP contribution in [0.5, 0.6) is 0 Å². The topological polar surface area (TPSA) is 23.5 Å². The average molecular weight is 344 g/mol. The summed E-state index contributed by atoms with van der Waals surface area (Å²) in [5.74, 6) is 0. The van der Waals surface area contributed by atoms with Crippen molar-refractivity contribution >= 4 is 11.6 Å². The molecule has 3 heteroatoms. The molecule has 24 heavy (non-hydrogen) atoms. The van der Waals surface area contributed by atoms with Crippen molar-refractivity contribution in [2.75, 3.05) is 19.7 Å². The van der Waals surface area contributed by atoms with Gasteiger partial charge in [-0.1, -0.05) is 54.1 Å². The van der Waals surface area contributed by atoms with Crippen LogP contribution in [0.1, 0.15) is 29.5 Å². The zero-order chi connectivity index (χ0) is 17.0. The van der Waals surface area contributed by atoms with Gasteiger partial charge < -0.3 is 5.11 Å². The molecule has 2 aromatic rings. The third-order valence-electron chi connectivity index (χ3n) is 5.43. The van der Waals surface area contributed by atoms with Crippen molar-refractivity contribution in [3.63, 3.8) is 0 Å². The lowest BCUT2D eigenvalue weighted by Gasteiger charge is -2.41. The van der Waals surface area contributed by atoms with E-state index in [9.17, 15) is 5.11 Å². The number of rotatable bonds is 5. The first-order valence-electron chi connectivity index (χ1n) is 8.73. The summed E-state index contributed by atoms with van der Waals surface area (Å²) >= 11 is 6.32. The molecule has 0 unspecified atom stereocenters. The minimum absolute atomic E-state index is 0.0345. The van der Waals surface area contributed by atoms with E-state index in [-0.39, 0.29) is 12.0 Å². The second-order valence-corrected chi connectivity index (χ2v) is 7.54. The maximum Gasteiger partial charge on any atom is 0.0491 e. The van der Waals surface area contributed by atoms with Crippen LogP contribution in [-0.2, 0) is 13.0 Å². The number of aliphatic hydroxyl groups excluding tert-OH is 1. The molecule has 0 radical (unpaired) electrons. The van der Waals surface area contributed by atoms with Gasteiger partial charge in [0.2, 0.25) is 0 Å². The van der Waals surface area contributed by atoms with Gasteiger partial charge in [-0.2, -0.15) is 0 Å². The third kappa shape index (κ3) is 4.00. The zero-order valence-electron chi connectivity index (χ0n) is 14.3. The molecule has 0 saturated carbocycles. The molecule has 0 aromatic heterocycles. The number of nitrogens with zero attached hydrogens (tertiary/aromatic N) is 1. The van der Waals surface area contributed by atoms with Gasteiger partial charge in [-0.15, -0.1) is 0 Å². The number of aliphatic hydroxyl groups is 1. The molecule has 2 nitrogen and oxygen atoms in total. The van der Waals surface area contributed by atoms with Crippen molar-refractivity contribution in [3.8, 4) is 0 Å². The van der Waals surface area contributed by atoms with E-state index in [1.54, 1.807) is 0 Å². The van der Waals surface area contributed by atoms with Crippen LogP contribution in [0.4, 0.5) is 0 Å². The number of aryl methyl sites for hydroxylation is 1. The molecule has 1 N–H and O–H groups in total. The molecule has 1 heterocycles. The smallest absolute Gasteiger partial charge is 0.0491 e. The second kappa shape index (κ2) is 7.69. The van der Waals surface area contributed by atoms with Crippen molar-refractivity contribution in [3.05, 3.63) is 70.2 Å². The van der Waals surface area contributed by atoms with Crippen LogP contribution in [0.15, 0.2) is 48.5 Å². The zero-order valence-corrected chi connectivity index (χ0v) is 15.1. The lowest BCUT2D eigenvalue weighted by molar-refractivity contribution is 0.0413. The summed E-state index contributed by atoms with van der Waals surface area (Å²) in [5.41, 5.74) is 3.88. The number of halogens is 1. The molecule has 1 fully saturated rings. The number of benzene rings is 2. The molecule has 0 aliphatic carbocycles. The van der Waals surface area contributed by atoms with Crippen LogP contribution in [0.2, 0.25) is 5.02 Å². The first kappa shape index (κ1) is 17.5. The fourth-order valence-corrected chi connectivity index (χ4v) is 3.85. The molecular formula is C21H26ClNO. The molecule has 0 amide bonds. The summed E-state index contributed by atoms with van der Waals surface area (Å²) in [7, 11) is 0. The predicted octanol–water partition coefficient (Wildman–Crippen LogP) is 4.47. The molecule has 128 valence electrons. The van der Waals surface area contributed by atoms with Crippen LogP contribution < -0.4 is 0 Å². The Bertz CT molecular complexity index is 677. The molecule has 1 aliphatic heterocycles. The Labute approximate surface area is 150 Å². The average Bonchev–Trinajstić information content (AvgIpc) is 2.61. The molecule has 1 aliphatic rings. The highest BCUT2D eigenvalue weighted by Gasteiger charge is 2.34. The van der Waals surface area contributed by atoms with E-state index in [1.807, 2.05) is 18.2 Å². The van der Waals surface area contributed by atoms with Gasteiger partial charge in [0.15, 0.2) is 0 Å². The lowest BCUT2D eigenvalue weighted by atomic mass is 9.74. The first-order chi connectivity index (χ1) is 11.6. The molecular weight excluding hydrogens is 318 g/mol. The van der Waals surface area contributed by atoms with E-state index in [0.717, 1.165) is 49.5 Å². The highest BCUT2D eigenvalue weighted by Crippen LogP contribution is 2.36. The van der Waals surface area contributed by atoms with Crippen molar-refractivity contribution in [1.82, 2.24) is 4.90 Å². The fraction of sp³-hybridized carbons (Fsp3) is 0.429. The Balaban J connectivity index is 1.64. The van der Waals surface area contributed by atoms with Gasteiger partial charge in [-0.3, -0.25) is 4.90 Å². The van der Waals surface area contributed by atoms with Gasteiger partial charge in [-0.25, -0.2) is 0 Å². The van der Waals surface area contributed by atoms with Crippen molar-refractivity contribution < 1.29 is 5.11 Å².